The molecule has 1 aliphatic heterocycles. The lowest BCUT2D eigenvalue weighted by Gasteiger charge is -2.26. The molecule has 3 aromatic carbocycles. The van der Waals surface area contributed by atoms with Gasteiger partial charge in [-0.2, -0.15) is 0 Å². The second-order valence-corrected chi connectivity index (χ2v) is 10.7. The van der Waals surface area contributed by atoms with Crippen LogP contribution in [0, 0.1) is 6.92 Å². The Labute approximate surface area is 221 Å². The van der Waals surface area contributed by atoms with Crippen molar-refractivity contribution >= 4 is 56.2 Å². The number of hydrogen-bond acceptors (Lipinski definition) is 8. The van der Waals surface area contributed by atoms with Gasteiger partial charge in [-0.15, -0.1) is 0 Å². The van der Waals surface area contributed by atoms with Gasteiger partial charge in [-0.1, -0.05) is 12.1 Å². The summed E-state index contributed by atoms with van der Waals surface area (Å²) in [5.74, 6) is -1.31. The molecule has 10 nitrogen and oxygen atoms in total. The maximum atomic E-state index is 13.6. The molecule has 11 heteroatoms. The zero-order chi connectivity index (χ0) is 27.6. The van der Waals surface area contributed by atoms with Gasteiger partial charge in [-0.05, 0) is 67.1 Å². The summed E-state index contributed by atoms with van der Waals surface area (Å²) in [5.41, 5.74) is 2.92. The van der Waals surface area contributed by atoms with Crippen LogP contribution in [0.15, 0.2) is 81.6 Å². The third-order valence-corrected chi connectivity index (χ3v) is 7.74. The Kier molecular flexibility index (Phi) is 7.31. The summed E-state index contributed by atoms with van der Waals surface area (Å²) in [6, 6.07) is 17.9. The van der Waals surface area contributed by atoms with Gasteiger partial charge in [0, 0.05) is 32.5 Å². The number of carbonyl (C=O) groups is 2. The van der Waals surface area contributed by atoms with E-state index in [1.54, 1.807) is 24.3 Å². The number of esters is 1. The number of hydrogen-bond donors (Lipinski definition) is 1. The monoisotopic (exact) mass is 533 g/mol. The van der Waals surface area contributed by atoms with Crippen molar-refractivity contribution in [3.63, 3.8) is 0 Å². The van der Waals surface area contributed by atoms with Crippen LogP contribution in [0.4, 0.5) is 22.7 Å². The van der Waals surface area contributed by atoms with Crippen LogP contribution in [0.1, 0.15) is 15.9 Å². The third kappa shape index (κ3) is 5.14. The van der Waals surface area contributed by atoms with Crippen molar-refractivity contribution in [1.82, 2.24) is 4.31 Å². The molecule has 0 aliphatic carbocycles. The zero-order valence-corrected chi connectivity index (χ0v) is 22.4. The summed E-state index contributed by atoms with van der Waals surface area (Å²) >= 11 is 0. The average Bonchev–Trinajstić information content (AvgIpc) is 2.90. The van der Waals surface area contributed by atoms with Gasteiger partial charge in [0.1, 0.15) is 4.90 Å². The number of amidine groups is 1. The molecule has 0 fully saturated rings. The lowest BCUT2D eigenvalue weighted by atomic mass is 10.1. The fourth-order valence-electron chi connectivity index (χ4n) is 3.78. The average molecular weight is 534 g/mol. The smallest absolute Gasteiger partial charge is 0.337 e. The van der Waals surface area contributed by atoms with Crippen molar-refractivity contribution in [1.29, 1.82) is 0 Å². The number of methoxy groups -OCH3 is 1. The normalized spacial score (nSPS) is 14.3. The maximum absolute atomic E-state index is 13.6. The van der Waals surface area contributed by atoms with Gasteiger partial charge in [-0.3, -0.25) is 9.10 Å². The van der Waals surface area contributed by atoms with Gasteiger partial charge in [0.05, 0.1) is 24.0 Å². The predicted molar refractivity (Wildman–Crippen MR) is 147 cm³/mol. The number of nitrogens with zero attached hydrogens (tertiary/aromatic N) is 4. The number of anilines is 2. The van der Waals surface area contributed by atoms with E-state index in [-0.39, 0.29) is 22.1 Å². The van der Waals surface area contributed by atoms with Crippen molar-refractivity contribution in [2.45, 2.75) is 11.8 Å². The van der Waals surface area contributed by atoms with E-state index in [0.717, 1.165) is 15.6 Å². The third-order valence-electron chi connectivity index (χ3n) is 5.95. The van der Waals surface area contributed by atoms with Crippen molar-refractivity contribution in [3.8, 4) is 0 Å². The quantitative estimate of drug-likeness (QED) is 0.379. The molecule has 196 valence electrons. The second kappa shape index (κ2) is 10.5. The molecule has 0 bridgehead atoms. The van der Waals surface area contributed by atoms with Gasteiger partial charge in [0.2, 0.25) is 0 Å². The number of benzene rings is 3. The molecule has 0 aromatic heterocycles. The van der Waals surface area contributed by atoms with E-state index in [9.17, 15) is 18.0 Å². The van der Waals surface area contributed by atoms with E-state index < -0.39 is 21.9 Å². The molecule has 3 aromatic rings. The first-order valence-corrected chi connectivity index (χ1v) is 13.0. The van der Waals surface area contributed by atoms with Crippen molar-refractivity contribution < 1.29 is 22.7 Å². The molecule has 1 heterocycles. The predicted octanol–water partition coefficient (Wildman–Crippen LogP) is 3.92. The molecule has 0 saturated heterocycles. The van der Waals surface area contributed by atoms with Crippen LogP contribution in [-0.4, -0.2) is 64.4 Å². The van der Waals surface area contributed by atoms with Gasteiger partial charge in [0.25, 0.3) is 15.9 Å². The Morgan fingerprint density at radius 2 is 1.71 bits per heavy atom. The highest BCUT2D eigenvalue weighted by Gasteiger charge is 2.36. The first-order chi connectivity index (χ1) is 18.0. The molecule has 1 amide bonds. The van der Waals surface area contributed by atoms with Crippen LogP contribution in [0.5, 0.6) is 0 Å². The summed E-state index contributed by atoms with van der Waals surface area (Å²) in [5, 5.41) is 2.73. The van der Waals surface area contributed by atoms with Crippen LogP contribution < -0.4 is 10.2 Å². The number of carbonyl (C=O) groups excluding carboxylic acids is 2. The fourth-order valence-corrected chi connectivity index (χ4v) is 5.06. The summed E-state index contributed by atoms with van der Waals surface area (Å²) < 4.78 is 32.2. The van der Waals surface area contributed by atoms with Crippen LogP contribution in [-0.2, 0) is 19.6 Å². The highest BCUT2D eigenvalue weighted by atomic mass is 32.2. The number of rotatable bonds is 6. The Balaban J connectivity index is 1.82. The molecule has 0 saturated carbocycles. The van der Waals surface area contributed by atoms with Crippen molar-refractivity contribution in [2.75, 3.05) is 38.5 Å². The SMILES string of the molecule is COC(=O)c1ccc(NC(=O)C(=Nc2ccc(N(C)C)cc2C)C2=Nc3ccccc3S(=O)(=O)N2C)cc1. The van der Waals surface area contributed by atoms with Crippen LogP contribution in [0.3, 0.4) is 0 Å². The standard InChI is InChI=1S/C27H27N5O5S/c1-17-16-20(31(2)3)14-15-21(17)29-24(26(33)28-19-12-10-18(11-13-19)27(34)37-5)25-30-22-8-6-7-9-23(22)38(35,36)32(25)4/h6-16H,1-5H3,(H,28,33). The van der Waals surface area contributed by atoms with E-state index in [2.05, 4.69) is 15.3 Å². The number of para-hydroxylation sites is 1. The van der Waals surface area contributed by atoms with Gasteiger partial charge in [0.15, 0.2) is 11.5 Å². The van der Waals surface area contributed by atoms with E-state index in [4.69, 9.17) is 4.74 Å². The number of aliphatic imine (C=N–C) groups is 2. The Bertz CT molecular complexity index is 1580. The molecule has 0 atom stereocenters. The first-order valence-electron chi connectivity index (χ1n) is 11.6. The largest absolute Gasteiger partial charge is 0.465 e. The molecule has 4 rings (SSSR count). The Morgan fingerprint density at radius 3 is 2.34 bits per heavy atom. The van der Waals surface area contributed by atoms with Crippen LogP contribution in [0.2, 0.25) is 0 Å². The number of aryl methyl sites for hydroxylation is 1. The molecular formula is C27H27N5O5S. The first kappa shape index (κ1) is 26.6. The molecule has 0 spiro atoms. The topological polar surface area (TPSA) is 121 Å². The van der Waals surface area contributed by atoms with Crippen molar-refractivity contribution in [3.05, 3.63) is 77.9 Å². The minimum Gasteiger partial charge on any atom is -0.465 e. The van der Waals surface area contributed by atoms with Gasteiger partial charge >= 0.3 is 5.97 Å². The Hall–Kier alpha value is -4.51. The Morgan fingerprint density at radius 1 is 1.03 bits per heavy atom. The highest BCUT2D eigenvalue weighted by Crippen LogP contribution is 2.32. The molecular weight excluding hydrogens is 506 g/mol. The number of sulfonamides is 1. The molecule has 1 aliphatic rings. The minimum absolute atomic E-state index is 0.0379. The zero-order valence-electron chi connectivity index (χ0n) is 21.6. The highest BCUT2D eigenvalue weighted by molar-refractivity contribution is 7.90. The maximum Gasteiger partial charge on any atom is 0.337 e. The van der Waals surface area contributed by atoms with Gasteiger partial charge < -0.3 is 15.0 Å². The number of ether oxygens (including phenoxy) is 1. The van der Waals surface area contributed by atoms with Crippen LogP contribution >= 0.6 is 0 Å². The number of nitrogens with one attached hydrogen (secondary N) is 1. The van der Waals surface area contributed by atoms with E-state index >= 15 is 0 Å². The number of amides is 1. The molecule has 1 N–H and O–H groups in total. The summed E-state index contributed by atoms with van der Waals surface area (Å²) in [6.45, 7) is 1.85. The van der Waals surface area contributed by atoms with E-state index in [1.165, 1.54) is 44.5 Å². The van der Waals surface area contributed by atoms with Crippen molar-refractivity contribution in [2.24, 2.45) is 9.98 Å². The minimum atomic E-state index is -3.98. The summed E-state index contributed by atoms with van der Waals surface area (Å²) in [7, 11) is 2.46. The molecule has 0 unspecified atom stereocenters. The molecule has 0 radical (unpaired) electrons. The lowest BCUT2D eigenvalue weighted by Crippen LogP contribution is -2.44. The number of fused-ring (bicyclic) bond motifs is 1. The summed E-state index contributed by atoms with van der Waals surface area (Å²) in [4.78, 5) is 36.4. The fraction of sp³-hybridized carbons (Fsp3) is 0.185. The van der Waals surface area contributed by atoms with Gasteiger partial charge in [-0.25, -0.2) is 23.2 Å². The lowest BCUT2D eigenvalue weighted by molar-refractivity contribution is -0.110. The molecule has 38 heavy (non-hydrogen) atoms. The van der Waals surface area contributed by atoms with Crippen LogP contribution in [0.25, 0.3) is 0 Å². The second-order valence-electron chi connectivity index (χ2n) is 8.72. The van der Waals surface area contributed by atoms with E-state index in [0.29, 0.717) is 16.9 Å². The van der Waals surface area contributed by atoms with E-state index in [1.807, 2.05) is 38.1 Å². The summed E-state index contributed by atoms with van der Waals surface area (Å²) in [6.07, 6.45) is 0.